The van der Waals surface area contributed by atoms with E-state index in [2.05, 4.69) is 6.92 Å². The van der Waals surface area contributed by atoms with Crippen molar-refractivity contribution in [3.8, 4) is 0 Å². The smallest absolute Gasteiger partial charge is 0.329 e. The molecule has 1 aliphatic heterocycles. The molecule has 0 aromatic rings. The van der Waals surface area contributed by atoms with Crippen LogP contribution in [0.5, 0.6) is 0 Å². The maximum absolute atomic E-state index is 12.0. The third kappa shape index (κ3) is 8.45. The second kappa shape index (κ2) is 12.0. The number of carbonyl (C=O) groups is 2. The first-order valence-electron chi connectivity index (χ1n) is 9.00. The van der Waals surface area contributed by atoms with Gasteiger partial charge < -0.3 is 19.8 Å². The number of amides is 1. The summed E-state index contributed by atoms with van der Waals surface area (Å²) in [4.78, 5) is 24.2. The maximum Gasteiger partial charge on any atom is 0.329 e. The zero-order valence-corrected chi connectivity index (χ0v) is 14.7. The zero-order chi connectivity index (χ0) is 17.8. The van der Waals surface area contributed by atoms with E-state index in [1.165, 1.54) is 0 Å². The highest BCUT2D eigenvalue weighted by Gasteiger charge is 2.28. The highest BCUT2D eigenvalue weighted by atomic mass is 16.5. The van der Waals surface area contributed by atoms with Crippen LogP contribution in [0.2, 0.25) is 0 Å². The Balaban J connectivity index is 2.28. The van der Waals surface area contributed by atoms with Crippen LogP contribution in [0, 0.1) is 0 Å². The topological polar surface area (TPSA) is 87.1 Å². The van der Waals surface area contributed by atoms with E-state index in [0.717, 1.165) is 44.9 Å². The van der Waals surface area contributed by atoms with Gasteiger partial charge in [-0.1, -0.05) is 38.3 Å². The van der Waals surface area contributed by atoms with Crippen LogP contribution in [0.15, 0.2) is 12.2 Å². The van der Waals surface area contributed by atoms with Crippen LogP contribution in [0.25, 0.3) is 0 Å². The van der Waals surface area contributed by atoms with E-state index >= 15 is 0 Å². The van der Waals surface area contributed by atoms with Crippen LogP contribution in [-0.2, 0) is 14.3 Å². The third-order valence-electron chi connectivity index (χ3n) is 4.20. The Bertz CT molecular complexity index is 410. The molecule has 0 spiro atoms. The number of carboxylic acid groups (broad SMARTS) is 1. The van der Waals surface area contributed by atoms with Gasteiger partial charge in [-0.05, 0) is 25.7 Å². The van der Waals surface area contributed by atoms with Gasteiger partial charge in [0, 0.05) is 19.6 Å². The van der Waals surface area contributed by atoms with Gasteiger partial charge in [-0.3, -0.25) is 4.79 Å². The van der Waals surface area contributed by atoms with E-state index in [1.54, 1.807) is 0 Å². The first-order valence-corrected chi connectivity index (χ1v) is 9.00. The van der Waals surface area contributed by atoms with Gasteiger partial charge in [-0.15, -0.1) is 0 Å². The Morgan fingerprint density at radius 2 is 2.17 bits per heavy atom. The van der Waals surface area contributed by atoms with Crippen LogP contribution >= 0.6 is 0 Å². The summed E-state index contributed by atoms with van der Waals surface area (Å²) in [7, 11) is 0. The number of nitrogens with zero attached hydrogens (tertiary/aromatic N) is 1. The number of aliphatic carboxylic acids is 1. The average Bonchev–Trinajstić information content (AvgIpc) is 2.89. The maximum atomic E-state index is 12.0. The number of aliphatic hydroxyl groups excluding tert-OH is 1. The molecule has 24 heavy (non-hydrogen) atoms. The van der Waals surface area contributed by atoms with Gasteiger partial charge in [-0.25, -0.2) is 4.79 Å². The first-order chi connectivity index (χ1) is 11.5. The predicted octanol–water partition coefficient (Wildman–Crippen LogP) is 2.36. The summed E-state index contributed by atoms with van der Waals surface area (Å²) in [5, 5.41) is 18.4. The number of ether oxygens (including phenoxy) is 1. The number of rotatable bonds is 13. The van der Waals surface area contributed by atoms with Crippen molar-refractivity contribution in [2.24, 2.45) is 0 Å². The number of carbonyl (C=O) groups excluding carboxylic acids is 1. The van der Waals surface area contributed by atoms with Gasteiger partial charge in [0.2, 0.25) is 5.91 Å². The first kappa shape index (κ1) is 20.6. The van der Waals surface area contributed by atoms with Crippen LogP contribution in [0.1, 0.15) is 58.3 Å². The molecular weight excluding hydrogens is 310 g/mol. The van der Waals surface area contributed by atoms with Crippen molar-refractivity contribution in [2.75, 3.05) is 19.8 Å². The van der Waals surface area contributed by atoms with Crippen LogP contribution in [0.4, 0.5) is 0 Å². The molecule has 2 N–H and O–H groups in total. The summed E-state index contributed by atoms with van der Waals surface area (Å²) in [6.07, 6.45) is 10.3. The van der Waals surface area contributed by atoms with Crippen LogP contribution in [-0.4, -0.2) is 58.9 Å². The molecule has 0 aliphatic carbocycles. The number of likely N-dealkylation sites (tertiary alicyclic amines) is 1. The second-order valence-electron chi connectivity index (χ2n) is 6.29. The summed E-state index contributed by atoms with van der Waals surface area (Å²) in [5.41, 5.74) is 0. The molecule has 0 saturated carbocycles. The van der Waals surface area contributed by atoms with Crippen LogP contribution in [0.3, 0.4) is 0 Å². The Labute approximate surface area is 144 Å². The fourth-order valence-electron chi connectivity index (χ4n) is 2.85. The van der Waals surface area contributed by atoms with E-state index in [0.29, 0.717) is 19.6 Å². The van der Waals surface area contributed by atoms with E-state index in [4.69, 9.17) is 9.84 Å². The van der Waals surface area contributed by atoms with E-state index in [-0.39, 0.29) is 18.6 Å². The SMILES string of the molecule is CCCCC[C@@H](O)/C=C/C1CCC(=O)N1CCCCOCC(=O)O. The summed E-state index contributed by atoms with van der Waals surface area (Å²) in [6.45, 7) is 2.90. The lowest BCUT2D eigenvalue weighted by molar-refractivity contribution is -0.142. The molecule has 1 unspecified atom stereocenters. The fraction of sp³-hybridized carbons (Fsp3) is 0.778. The van der Waals surface area contributed by atoms with E-state index in [9.17, 15) is 14.7 Å². The minimum atomic E-state index is -0.965. The molecule has 1 amide bonds. The van der Waals surface area contributed by atoms with E-state index in [1.807, 2.05) is 17.1 Å². The van der Waals surface area contributed by atoms with Crippen molar-refractivity contribution in [1.29, 1.82) is 0 Å². The molecule has 6 nitrogen and oxygen atoms in total. The van der Waals surface area contributed by atoms with Crippen molar-refractivity contribution in [1.82, 2.24) is 4.90 Å². The molecular formula is C18H31NO5. The molecule has 0 bridgehead atoms. The second-order valence-corrected chi connectivity index (χ2v) is 6.29. The van der Waals surface area contributed by atoms with Crippen molar-refractivity contribution < 1.29 is 24.5 Å². The fourth-order valence-corrected chi connectivity index (χ4v) is 2.85. The van der Waals surface area contributed by atoms with Gasteiger partial charge in [0.1, 0.15) is 6.61 Å². The van der Waals surface area contributed by atoms with Gasteiger partial charge >= 0.3 is 5.97 Å². The molecule has 2 atom stereocenters. The quantitative estimate of drug-likeness (QED) is 0.397. The standard InChI is InChI=1S/C18H31NO5/c1-2-3-4-7-16(20)10-8-15-9-11-17(21)19(15)12-5-6-13-24-14-18(22)23/h8,10,15-16,20H,2-7,9,11-14H2,1H3,(H,22,23)/b10-8+/t15?,16-/m1/s1. The zero-order valence-electron chi connectivity index (χ0n) is 14.7. The van der Waals surface area contributed by atoms with Gasteiger partial charge in [0.05, 0.1) is 12.1 Å². The molecule has 1 rings (SSSR count). The van der Waals surface area contributed by atoms with Crippen LogP contribution < -0.4 is 0 Å². The molecule has 138 valence electrons. The summed E-state index contributed by atoms with van der Waals surface area (Å²) < 4.78 is 4.99. The van der Waals surface area contributed by atoms with Gasteiger partial charge in [0.15, 0.2) is 0 Å². The van der Waals surface area contributed by atoms with Crippen molar-refractivity contribution in [2.45, 2.75) is 70.4 Å². The molecule has 1 aliphatic rings. The Morgan fingerprint density at radius 3 is 2.88 bits per heavy atom. The normalized spacial score (nSPS) is 19.3. The number of carboxylic acids is 1. The highest BCUT2D eigenvalue weighted by Crippen LogP contribution is 2.21. The molecule has 0 radical (unpaired) electrons. The Morgan fingerprint density at radius 1 is 1.38 bits per heavy atom. The lowest BCUT2D eigenvalue weighted by Gasteiger charge is -2.22. The summed E-state index contributed by atoms with van der Waals surface area (Å²) >= 11 is 0. The molecule has 6 heteroatoms. The van der Waals surface area contributed by atoms with Gasteiger partial charge in [-0.2, -0.15) is 0 Å². The predicted molar refractivity (Wildman–Crippen MR) is 91.7 cm³/mol. The molecule has 1 saturated heterocycles. The highest BCUT2D eigenvalue weighted by molar-refractivity contribution is 5.79. The van der Waals surface area contributed by atoms with Crippen molar-refractivity contribution >= 4 is 11.9 Å². The third-order valence-corrected chi connectivity index (χ3v) is 4.20. The Kier molecular flexibility index (Phi) is 10.4. The minimum Gasteiger partial charge on any atom is -0.480 e. The monoisotopic (exact) mass is 341 g/mol. The summed E-state index contributed by atoms with van der Waals surface area (Å²) in [5.74, 6) is -0.816. The molecule has 0 aromatic heterocycles. The largest absolute Gasteiger partial charge is 0.480 e. The minimum absolute atomic E-state index is 0.0678. The van der Waals surface area contributed by atoms with Gasteiger partial charge in [0.25, 0.3) is 0 Å². The number of hydrogen-bond acceptors (Lipinski definition) is 4. The summed E-state index contributed by atoms with van der Waals surface area (Å²) in [6, 6.07) is 0.0678. The molecule has 1 fully saturated rings. The Hall–Kier alpha value is -1.40. The van der Waals surface area contributed by atoms with Crippen molar-refractivity contribution in [3.63, 3.8) is 0 Å². The average molecular weight is 341 g/mol. The van der Waals surface area contributed by atoms with Crippen molar-refractivity contribution in [3.05, 3.63) is 12.2 Å². The van der Waals surface area contributed by atoms with E-state index < -0.39 is 12.1 Å². The lowest BCUT2D eigenvalue weighted by Crippen LogP contribution is -2.33. The number of hydrogen-bond donors (Lipinski definition) is 2. The number of aliphatic hydroxyl groups is 1. The molecule has 1 heterocycles. The lowest BCUT2D eigenvalue weighted by atomic mass is 10.1. The number of unbranched alkanes of at least 4 members (excludes halogenated alkanes) is 3. The molecule has 0 aromatic carbocycles.